The van der Waals surface area contributed by atoms with E-state index >= 15 is 0 Å². The number of carbonyl (C=O) groups excluding carboxylic acids is 1. The standard InChI is InChI=1S/C14H13N5OS/c1-8-6-16-4-2-9(8)7-17-13(20)12-11(15)10-3-5-18-19-14(10)21-12/h2-6H,7,15H2,1H3,(H,17,20). The number of rotatable bonds is 3. The van der Waals surface area contributed by atoms with E-state index in [1.165, 1.54) is 11.3 Å². The Balaban J connectivity index is 1.81. The lowest BCUT2D eigenvalue weighted by molar-refractivity contribution is 0.0956. The van der Waals surface area contributed by atoms with Crippen LogP contribution in [0.15, 0.2) is 30.7 Å². The summed E-state index contributed by atoms with van der Waals surface area (Å²) in [5.74, 6) is -0.202. The third kappa shape index (κ3) is 2.55. The Morgan fingerprint density at radius 2 is 2.24 bits per heavy atom. The smallest absolute Gasteiger partial charge is 0.263 e. The van der Waals surface area contributed by atoms with Crippen LogP contribution in [0.5, 0.6) is 0 Å². The number of nitrogen functional groups attached to an aromatic ring is 1. The Morgan fingerprint density at radius 3 is 3.00 bits per heavy atom. The summed E-state index contributed by atoms with van der Waals surface area (Å²) in [4.78, 5) is 17.4. The molecule has 7 heteroatoms. The third-order valence-corrected chi connectivity index (χ3v) is 4.31. The predicted octanol–water partition coefficient (Wildman–Crippen LogP) is 1.91. The molecule has 0 radical (unpaired) electrons. The van der Waals surface area contributed by atoms with Crippen LogP contribution in [0.3, 0.4) is 0 Å². The number of hydrogen-bond donors (Lipinski definition) is 2. The molecule has 1 amide bonds. The van der Waals surface area contributed by atoms with Crippen LogP contribution in [0.25, 0.3) is 10.2 Å². The number of thiophene rings is 1. The molecule has 3 rings (SSSR count). The zero-order valence-electron chi connectivity index (χ0n) is 11.3. The summed E-state index contributed by atoms with van der Waals surface area (Å²) < 4.78 is 0. The number of aryl methyl sites for hydroxylation is 1. The molecule has 0 saturated heterocycles. The first-order valence-corrected chi connectivity index (χ1v) is 7.16. The maximum atomic E-state index is 12.3. The highest BCUT2D eigenvalue weighted by Gasteiger charge is 2.17. The summed E-state index contributed by atoms with van der Waals surface area (Å²) in [5, 5.41) is 11.4. The number of fused-ring (bicyclic) bond motifs is 1. The summed E-state index contributed by atoms with van der Waals surface area (Å²) in [5.41, 5.74) is 8.52. The van der Waals surface area contributed by atoms with Crippen LogP contribution in [-0.4, -0.2) is 21.1 Å². The molecule has 6 nitrogen and oxygen atoms in total. The molecule has 0 spiro atoms. The second-order valence-electron chi connectivity index (χ2n) is 4.58. The normalized spacial score (nSPS) is 10.7. The van der Waals surface area contributed by atoms with Gasteiger partial charge in [-0.3, -0.25) is 9.78 Å². The number of nitrogens with one attached hydrogen (secondary N) is 1. The van der Waals surface area contributed by atoms with Crippen molar-refractivity contribution in [3.8, 4) is 0 Å². The van der Waals surface area contributed by atoms with Gasteiger partial charge < -0.3 is 11.1 Å². The van der Waals surface area contributed by atoms with Crippen molar-refractivity contribution in [3.63, 3.8) is 0 Å². The van der Waals surface area contributed by atoms with Crippen molar-refractivity contribution in [2.24, 2.45) is 0 Å². The molecule has 0 aliphatic heterocycles. The van der Waals surface area contributed by atoms with Gasteiger partial charge in [0.15, 0.2) is 0 Å². The molecule has 0 fully saturated rings. The highest BCUT2D eigenvalue weighted by atomic mass is 32.1. The van der Waals surface area contributed by atoms with Gasteiger partial charge in [-0.2, -0.15) is 5.10 Å². The number of pyridine rings is 1. The van der Waals surface area contributed by atoms with Gasteiger partial charge in [-0.05, 0) is 30.2 Å². The van der Waals surface area contributed by atoms with Crippen molar-refractivity contribution in [1.29, 1.82) is 0 Å². The highest BCUT2D eigenvalue weighted by molar-refractivity contribution is 7.21. The largest absolute Gasteiger partial charge is 0.397 e. The Kier molecular flexibility index (Phi) is 3.49. The van der Waals surface area contributed by atoms with Gasteiger partial charge in [0.05, 0.1) is 11.9 Å². The summed E-state index contributed by atoms with van der Waals surface area (Å²) in [6.45, 7) is 2.39. The highest BCUT2D eigenvalue weighted by Crippen LogP contribution is 2.31. The minimum atomic E-state index is -0.202. The van der Waals surface area contributed by atoms with Gasteiger partial charge in [0, 0.05) is 24.3 Å². The van der Waals surface area contributed by atoms with Crippen molar-refractivity contribution in [2.45, 2.75) is 13.5 Å². The van der Waals surface area contributed by atoms with E-state index in [4.69, 9.17) is 5.73 Å². The van der Waals surface area contributed by atoms with Gasteiger partial charge in [0.25, 0.3) is 5.91 Å². The van der Waals surface area contributed by atoms with E-state index in [0.717, 1.165) is 16.5 Å². The van der Waals surface area contributed by atoms with Crippen molar-refractivity contribution in [2.75, 3.05) is 5.73 Å². The lowest BCUT2D eigenvalue weighted by Crippen LogP contribution is -2.23. The molecule has 0 bridgehead atoms. The van der Waals surface area contributed by atoms with Crippen molar-refractivity contribution >= 4 is 33.1 Å². The summed E-state index contributed by atoms with van der Waals surface area (Å²) in [6.07, 6.45) is 5.04. The lowest BCUT2D eigenvalue weighted by atomic mass is 10.1. The van der Waals surface area contributed by atoms with Gasteiger partial charge in [-0.25, -0.2) is 0 Å². The minimum Gasteiger partial charge on any atom is -0.397 e. The molecule has 21 heavy (non-hydrogen) atoms. The van der Waals surface area contributed by atoms with Crippen LogP contribution in [-0.2, 0) is 6.54 Å². The average molecular weight is 299 g/mol. The molecular weight excluding hydrogens is 286 g/mol. The molecule has 3 heterocycles. The van der Waals surface area contributed by atoms with E-state index in [1.54, 1.807) is 24.7 Å². The number of amides is 1. The summed E-state index contributed by atoms with van der Waals surface area (Å²) in [6, 6.07) is 3.65. The monoisotopic (exact) mass is 299 g/mol. The van der Waals surface area contributed by atoms with Gasteiger partial charge in [-0.1, -0.05) is 0 Å². The Morgan fingerprint density at radius 1 is 1.38 bits per heavy atom. The number of anilines is 1. The molecule has 3 aromatic heterocycles. The van der Waals surface area contributed by atoms with Gasteiger partial charge in [0.2, 0.25) is 0 Å². The van der Waals surface area contributed by atoms with E-state index in [0.29, 0.717) is 21.9 Å². The number of nitrogens with two attached hydrogens (primary N) is 1. The first-order chi connectivity index (χ1) is 10.2. The fourth-order valence-electron chi connectivity index (χ4n) is 2.00. The molecule has 0 atom stereocenters. The molecule has 3 aromatic rings. The van der Waals surface area contributed by atoms with Gasteiger partial charge in [0.1, 0.15) is 9.71 Å². The first kappa shape index (κ1) is 13.4. The summed E-state index contributed by atoms with van der Waals surface area (Å²) in [7, 11) is 0. The zero-order chi connectivity index (χ0) is 14.8. The fraction of sp³-hybridized carbons (Fsp3) is 0.143. The molecule has 0 aliphatic carbocycles. The maximum absolute atomic E-state index is 12.3. The van der Waals surface area contributed by atoms with E-state index < -0.39 is 0 Å². The number of hydrogen-bond acceptors (Lipinski definition) is 6. The number of carbonyl (C=O) groups is 1. The lowest BCUT2D eigenvalue weighted by Gasteiger charge is -2.06. The van der Waals surface area contributed by atoms with Crippen LogP contribution in [0.4, 0.5) is 5.69 Å². The Hall–Kier alpha value is -2.54. The minimum absolute atomic E-state index is 0.202. The number of aromatic nitrogens is 3. The van der Waals surface area contributed by atoms with Crippen molar-refractivity contribution < 1.29 is 4.79 Å². The first-order valence-electron chi connectivity index (χ1n) is 6.34. The fourth-order valence-corrected chi connectivity index (χ4v) is 2.95. The molecule has 0 aliphatic rings. The van der Waals surface area contributed by atoms with Crippen LogP contribution >= 0.6 is 11.3 Å². The van der Waals surface area contributed by atoms with E-state index in [2.05, 4.69) is 20.5 Å². The predicted molar refractivity (Wildman–Crippen MR) is 82.0 cm³/mol. The molecule has 3 N–H and O–H groups in total. The van der Waals surface area contributed by atoms with E-state index in [-0.39, 0.29) is 5.91 Å². The van der Waals surface area contributed by atoms with Gasteiger partial charge >= 0.3 is 0 Å². The molecule has 0 unspecified atom stereocenters. The van der Waals surface area contributed by atoms with Crippen LogP contribution in [0, 0.1) is 6.92 Å². The second-order valence-corrected chi connectivity index (χ2v) is 5.58. The van der Waals surface area contributed by atoms with E-state index in [1.807, 2.05) is 13.0 Å². The molecular formula is C14H13N5OS. The molecule has 0 aromatic carbocycles. The Bertz CT molecular complexity index is 814. The zero-order valence-corrected chi connectivity index (χ0v) is 12.1. The summed E-state index contributed by atoms with van der Waals surface area (Å²) >= 11 is 1.25. The van der Waals surface area contributed by atoms with Crippen molar-refractivity contribution in [3.05, 3.63) is 46.7 Å². The van der Waals surface area contributed by atoms with Crippen LogP contribution < -0.4 is 11.1 Å². The molecule has 0 saturated carbocycles. The average Bonchev–Trinajstić information content (AvgIpc) is 2.84. The van der Waals surface area contributed by atoms with Crippen LogP contribution in [0.1, 0.15) is 20.8 Å². The third-order valence-electron chi connectivity index (χ3n) is 3.20. The molecule has 106 valence electrons. The quantitative estimate of drug-likeness (QED) is 0.770. The topological polar surface area (TPSA) is 93.8 Å². The van der Waals surface area contributed by atoms with Crippen LogP contribution in [0.2, 0.25) is 0 Å². The van der Waals surface area contributed by atoms with E-state index in [9.17, 15) is 4.79 Å². The number of nitrogens with zero attached hydrogens (tertiary/aromatic N) is 3. The second kappa shape index (κ2) is 5.45. The maximum Gasteiger partial charge on any atom is 0.263 e. The van der Waals surface area contributed by atoms with Gasteiger partial charge in [-0.15, -0.1) is 16.4 Å². The van der Waals surface area contributed by atoms with Crippen molar-refractivity contribution in [1.82, 2.24) is 20.5 Å². The SMILES string of the molecule is Cc1cnccc1CNC(=O)c1sc2nnccc2c1N. The Labute approximate surface area is 125 Å².